The van der Waals surface area contributed by atoms with Crippen LogP contribution in [0.1, 0.15) is 19.3 Å². The first-order valence-electron chi connectivity index (χ1n) is 7.03. The molecule has 3 fully saturated rings. The molecular formula is C14H18BrNOS. The van der Waals surface area contributed by atoms with Gasteiger partial charge in [-0.25, -0.2) is 0 Å². The maximum atomic E-state index is 12.5. The molecule has 0 aromatic heterocycles. The summed E-state index contributed by atoms with van der Waals surface area (Å²) in [5, 5.41) is 1.61. The molecule has 98 valence electrons. The molecular weight excluding hydrogens is 310 g/mol. The number of halogens is 1. The summed E-state index contributed by atoms with van der Waals surface area (Å²) in [7, 11) is 0. The second kappa shape index (κ2) is 4.27. The van der Waals surface area contributed by atoms with Crippen molar-refractivity contribution in [3.05, 3.63) is 12.2 Å². The zero-order valence-corrected chi connectivity index (χ0v) is 12.7. The summed E-state index contributed by atoms with van der Waals surface area (Å²) >= 11 is 5.32. The number of unbranched alkanes of at least 4 members (excludes halogenated alkanes) is 1. The molecule has 2 saturated carbocycles. The number of nitrogens with zero attached hydrogens (tertiary/aromatic N) is 1. The fourth-order valence-corrected chi connectivity index (χ4v) is 6.19. The minimum Gasteiger partial charge on any atom is -0.286 e. The van der Waals surface area contributed by atoms with Gasteiger partial charge in [0.2, 0.25) is 5.91 Å². The van der Waals surface area contributed by atoms with Gasteiger partial charge < -0.3 is 0 Å². The Balaban J connectivity index is 1.50. The molecule has 5 aliphatic rings. The first-order chi connectivity index (χ1) is 8.81. The summed E-state index contributed by atoms with van der Waals surface area (Å²) in [6.45, 7) is 0.941. The van der Waals surface area contributed by atoms with Crippen molar-refractivity contribution in [1.29, 1.82) is 0 Å². The molecule has 4 aliphatic carbocycles. The van der Waals surface area contributed by atoms with E-state index >= 15 is 0 Å². The average Bonchev–Trinajstić information content (AvgIpc) is 3.13. The minimum atomic E-state index is 0.317. The minimum absolute atomic E-state index is 0.317. The molecule has 0 N–H and O–H groups in total. The van der Waals surface area contributed by atoms with Crippen molar-refractivity contribution in [3.8, 4) is 0 Å². The number of allylic oxidation sites excluding steroid dienone is 2. The first-order valence-corrected chi connectivity index (χ1v) is 8.99. The molecule has 2 bridgehead atoms. The molecule has 0 aromatic rings. The molecule has 0 spiro atoms. The molecule has 5 rings (SSSR count). The molecule has 1 amide bonds. The van der Waals surface area contributed by atoms with Crippen LogP contribution in [0.5, 0.6) is 0 Å². The highest BCUT2D eigenvalue weighted by Crippen LogP contribution is 2.66. The lowest BCUT2D eigenvalue weighted by atomic mass is 9.68. The van der Waals surface area contributed by atoms with Gasteiger partial charge in [-0.15, -0.1) is 0 Å². The molecule has 1 saturated heterocycles. The average molecular weight is 328 g/mol. The number of carbonyl (C=O) groups excluding carboxylic acids is 1. The molecule has 1 aliphatic heterocycles. The van der Waals surface area contributed by atoms with Crippen LogP contribution < -0.4 is 0 Å². The number of rotatable bonds is 4. The fourth-order valence-electron chi connectivity index (χ4n) is 4.18. The molecule has 1 heterocycles. The van der Waals surface area contributed by atoms with Crippen molar-refractivity contribution in [3.63, 3.8) is 0 Å². The first kappa shape index (κ1) is 11.8. The van der Waals surface area contributed by atoms with Crippen LogP contribution in [0.4, 0.5) is 0 Å². The van der Waals surface area contributed by atoms with Gasteiger partial charge in [-0.1, -0.05) is 28.1 Å². The lowest BCUT2D eigenvalue weighted by molar-refractivity contribution is -0.131. The number of alkyl halides is 1. The van der Waals surface area contributed by atoms with E-state index < -0.39 is 0 Å². The topological polar surface area (TPSA) is 20.3 Å². The Hall–Kier alpha value is 0.0400. The third-order valence-electron chi connectivity index (χ3n) is 5.11. The number of carbonyl (C=O) groups is 1. The van der Waals surface area contributed by atoms with Crippen LogP contribution in [-0.4, -0.2) is 27.3 Å². The Morgan fingerprint density at radius 3 is 2.89 bits per heavy atom. The third-order valence-corrected chi connectivity index (χ3v) is 7.14. The van der Waals surface area contributed by atoms with Gasteiger partial charge in [0.15, 0.2) is 0 Å². The van der Waals surface area contributed by atoms with E-state index in [-0.39, 0.29) is 0 Å². The van der Waals surface area contributed by atoms with Crippen molar-refractivity contribution in [1.82, 2.24) is 4.31 Å². The van der Waals surface area contributed by atoms with Crippen LogP contribution >= 0.6 is 27.9 Å². The van der Waals surface area contributed by atoms with Gasteiger partial charge in [-0.2, -0.15) is 0 Å². The van der Waals surface area contributed by atoms with Gasteiger partial charge >= 0.3 is 0 Å². The fraction of sp³-hybridized carbons (Fsp3) is 0.786. The predicted octanol–water partition coefficient (Wildman–Crippen LogP) is 3.09. The number of hydrogen-bond donors (Lipinski definition) is 0. The smallest absolute Gasteiger partial charge is 0.237 e. The van der Waals surface area contributed by atoms with E-state index in [0.717, 1.165) is 36.6 Å². The van der Waals surface area contributed by atoms with Crippen LogP contribution in [0, 0.1) is 29.6 Å². The van der Waals surface area contributed by atoms with Gasteiger partial charge in [0.05, 0.1) is 5.92 Å². The van der Waals surface area contributed by atoms with E-state index in [4.69, 9.17) is 0 Å². The Kier molecular flexibility index (Phi) is 2.81. The van der Waals surface area contributed by atoms with Gasteiger partial charge in [0, 0.05) is 17.1 Å². The molecule has 6 atom stereocenters. The van der Waals surface area contributed by atoms with E-state index in [9.17, 15) is 4.79 Å². The lowest BCUT2D eigenvalue weighted by Crippen LogP contribution is -2.41. The highest BCUT2D eigenvalue weighted by Gasteiger charge is 2.64. The molecule has 4 heteroatoms. The van der Waals surface area contributed by atoms with Crippen LogP contribution in [0.3, 0.4) is 0 Å². The van der Waals surface area contributed by atoms with Crippen molar-refractivity contribution in [2.24, 2.45) is 29.6 Å². The van der Waals surface area contributed by atoms with Gasteiger partial charge in [-0.3, -0.25) is 9.10 Å². The van der Waals surface area contributed by atoms with Crippen molar-refractivity contribution < 1.29 is 4.79 Å². The standard InChI is InChI=1S/C14H18BrNOS/c15-5-1-2-6-16-14(17)12-8-3-4-9(13(12)18-16)11-7-10(8)11/h3-4,8-13H,1-2,5-7H2. The highest BCUT2D eigenvalue weighted by molar-refractivity contribution is 9.09. The van der Waals surface area contributed by atoms with Gasteiger partial charge in [-0.05, 0) is 54.9 Å². The maximum Gasteiger partial charge on any atom is 0.237 e. The third kappa shape index (κ3) is 1.57. The summed E-state index contributed by atoms with van der Waals surface area (Å²) in [4.78, 5) is 12.5. The monoisotopic (exact) mass is 327 g/mol. The van der Waals surface area contributed by atoms with E-state index in [2.05, 4.69) is 32.4 Å². The normalized spacial score (nSPS) is 47.4. The summed E-state index contributed by atoms with van der Waals surface area (Å²) in [6, 6.07) is 0. The maximum absolute atomic E-state index is 12.5. The predicted molar refractivity (Wildman–Crippen MR) is 77.3 cm³/mol. The SMILES string of the molecule is O=C1C2C3C=CC(C4CC34)C2SN1CCCCBr. The van der Waals surface area contributed by atoms with Crippen LogP contribution in [0.15, 0.2) is 12.2 Å². The number of amides is 1. The highest BCUT2D eigenvalue weighted by atomic mass is 79.9. The van der Waals surface area contributed by atoms with Gasteiger partial charge in [0.25, 0.3) is 0 Å². The quantitative estimate of drug-likeness (QED) is 0.342. The Morgan fingerprint density at radius 1 is 1.28 bits per heavy atom. The second-order valence-corrected chi connectivity index (χ2v) is 8.02. The largest absolute Gasteiger partial charge is 0.286 e. The molecule has 2 nitrogen and oxygen atoms in total. The Labute approximate surface area is 121 Å². The summed E-state index contributed by atoms with van der Waals surface area (Å²) < 4.78 is 2.08. The Morgan fingerprint density at radius 2 is 2.06 bits per heavy atom. The van der Waals surface area contributed by atoms with E-state index in [1.54, 1.807) is 0 Å². The second-order valence-electron chi connectivity index (χ2n) is 6.04. The van der Waals surface area contributed by atoms with E-state index in [1.807, 2.05) is 11.9 Å². The Bertz CT molecular complexity index is 413. The van der Waals surface area contributed by atoms with E-state index in [1.165, 1.54) is 6.42 Å². The lowest BCUT2D eigenvalue weighted by Gasteiger charge is -2.38. The number of hydrogen-bond acceptors (Lipinski definition) is 2. The van der Waals surface area contributed by atoms with E-state index in [0.29, 0.717) is 28.9 Å². The molecule has 18 heavy (non-hydrogen) atoms. The van der Waals surface area contributed by atoms with Crippen molar-refractivity contribution in [2.45, 2.75) is 24.5 Å². The zero-order chi connectivity index (χ0) is 12.3. The van der Waals surface area contributed by atoms with Crippen LogP contribution in [0.25, 0.3) is 0 Å². The van der Waals surface area contributed by atoms with Crippen LogP contribution in [0.2, 0.25) is 0 Å². The zero-order valence-electron chi connectivity index (χ0n) is 10.3. The van der Waals surface area contributed by atoms with Crippen molar-refractivity contribution >= 4 is 33.8 Å². The summed E-state index contributed by atoms with van der Waals surface area (Å²) in [6.07, 6.45) is 8.45. The van der Waals surface area contributed by atoms with Gasteiger partial charge in [0.1, 0.15) is 0 Å². The van der Waals surface area contributed by atoms with Crippen LogP contribution in [-0.2, 0) is 4.79 Å². The summed E-state index contributed by atoms with van der Waals surface area (Å²) in [5.74, 6) is 3.80. The molecule has 0 aromatic carbocycles. The molecule has 0 radical (unpaired) electrons. The molecule has 6 unspecified atom stereocenters. The van der Waals surface area contributed by atoms with Crippen molar-refractivity contribution in [2.75, 3.05) is 11.9 Å². The summed E-state index contributed by atoms with van der Waals surface area (Å²) in [5.41, 5.74) is 0.